The molecule has 2 aromatic rings. The molecule has 2 unspecified atom stereocenters. The lowest BCUT2D eigenvalue weighted by molar-refractivity contribution is 0.534. The Morgan fingerprint density at radius 3 is 2.50 bits per heavy atom. The molecule has 20 heavy (non-hydrogen) atoms. The monoisotopic (exact) mass is 265 g/mol. The van der Waals surface area contributed by atoms with Crippen LogP contribution in [-0.4, -0.2) is 0 Å². The molecule has 0 heterocycles. The second kappa shape index (κ2) is 5.32. The summed E-state index contributed by atoms with van der Waals surface area (Å²) >= 11 is 0. The summed E-state index contributed by atoms with van der Waals surface area (Å²) in [5.74, 6) is 0.683. The van der Waals surface area contributed by atoms with E-state index in [-0.39, 0.29) is 0 Å². The highest BCUT2D eigenvalue weighted by Crippen LogP contribution is 2.39. The van der Waals surface area contributed by atoms with E-state index in [9.17, 15) is 0 Å². The van der Waals surface area contributed by atoms with E-state index in [1.54, 1.807) is 0 Å². The molecule has 2 atom stereocenters. The van der Waals surface area contributed by atoms with E-state index in [2.05, 4.69) is 68.6 Å². The van der Waals surface area contributed by atoms with Crippen molar-refractivity contribution in [3.63, 3.8) is 0 Å². The van der Waals surface area contributed by atoms with Crippen molar-refractivity contribution in [2.45, 2.75) is 45.6 Å². The lowest BCUT2D eigenvalue weighted by Gasteiger charge is -2.31. The minimum Gasteiger partial charge on any atom is -0.378 e. The van der Waals surface area contributed by atoms with Gasteiger partial charge in [0.05, 0.1) is 6.04 Å². The van der Waals surface area contributed by atoms with Crippen LogP contribution in [-0.2, 0) is 0 Å². The molecule has 1 aliphatic carbocycles. The first-order valence-electron chi connectivity index (χ1n) is 7.58. The molecule has 0 radical (unpaired) electrons. The molecule has 0 amide bonds. The molecule has 3 rings (SSSR count). The van der Waals surface area contributed by atoms with Crippen LogP contribution < -0.4 is 5.32 Å². The normalized spacial score (nSPS) is 21.4. The summed E-state index contributed by atoms with van der Waals surface area (Å²) in [5.41, 5.74) is 6.91. The third-order valence-electron chi connectivity index (χ3n) is 4.51. The number of fused-ring (bicyclic) bond motifs is 1. The maximum absolute atomic E-state index is 3.77. The SMILES string of the molecule is Cc1ccc(C)c(NC2CCC(C)c3ccccc32)c1. The number of nitrogens with one attached hydrogen (secondary N) is 1. The van der Waals surface area contributed by atoms with Crippen molar-refractivity contribution in [1.29, 1.82) is 0 Å². The number of aryl methyl sites for hydroxylation is 2. The number of hydrogen-bond acceptors (Lipinski definition) is 1. The van der Waals surface area contributed by atoms with Gasteiger partial charge in [-0.2, -0.15) is 0 Å². The van der Waals surface area contributed by atoms with Crippen LogP contribution >= 0.6 is 0 Å². The lowest BCUT2D eigenvalue weighted by Crippen LogP contribution is -2.19. The van der Waals surface area contributed by atoms with Crippen molar-refractivity contribution >= 4 is 5.69 Å². The summed E-state index contributed by atoms with van der Waals surface area (Å²) in [5, 5.41) is 3.77. The van der Waals surface area contributed by atoms with Gasteiger partial charge in [-0.25, -0.2) is 0 Å². The zero-order valence-electron chi connectivity index (χ0n) is 12.6. The summed E-state index contributed by atoms with van der Waals surface area (Å²) in [6.45, 7) is 6.67. The van der Waals surface area contributed by atoms with Crippen LogP contribution in [0, 0.1) is 13.8 Å². The first-order valence-corrected chi connectivity index (χ1v) is 7.58. The first kappa shape index (κ1) is 13.2. The number of hydrogen-bond donors (Lipinski definition) is 1. The van der Waals surface area contributed by atoms with Crippen LogP contribution in [0.3, 0.4) is 0 Å². The van der Waals surface area contributed by atoms with Crippen molar-refractivity contribution in [2.24, 2.45) is 0 Å². The van der Waals surface area contributed by atoms with Gasteiger partial charge in [-0.15, -0.1) is 0 Å². The fourth-order valence-corrected chi connectivity index (χ4v) is 3.23. The highest BCUT2D eigenvalue weighted by molar-refractivity contribution is 5.55. The average Bonchev–Trinajstić information content (AvgIpc) is 2.46. The molecule has 0 saturated carbocycles. The molecule has 0 aliphatic heterocycles. The van der Waals surface area contributed by atoms with E-state index in [0.29, 0.717) is 12.0 Å². The Morgan fingerprint density at radius 1 is 0.950 bits per heavy atom. The fraction of sp³-hybridized carbons (Fsp3) is 0.368. The quantitative estimate of drug-likeness (QED) is 0.771. The zero-order chi connectivity index (χ0) is 14.1. The second-order valence-electron chi connectivity index (χ2n) is 6.12. The van der Waals surface area contributed by atoms with Crippen molar-refractivity contribution < 1.29 is 0 Å². The van der Waals surface area contributed by atoms with E-state index in [4.69, 9.17) is 0 Å². The predicted octanol–water partition coefficient (Wildman–Crippen LogP) is 5.35. The van der Waals surface area contributed by atoms with Crippen LogP contribution in [0.25, 0.3) is 0 Å². The van der Waals surface area contributed by atoms with E-state index >= 15 is 0 Å². The van der Waals surface area contributed by atoms with Gasteiger partial charge < -0.3 is 5.32 Å². The molecule has 0 saturated heterocycles. The predicted molar refractivity (Wildman–Crippen MR) is 86.4 cm³/mol. The Bertz CT molecular complexity index is 615. The lowest BCUT2D eigenvalue weighted by atomic mass is 9.81. The molecular formula is C19H23N. The van der Waals surface area contributed by atoms with Crippen molar-refractivity contribution in [2.75, 3.05) is 5.32 Å². The summed E-state index contributed by atoms with van der Waals surface area (Å²) in [7, 11) is 0. The van der Waals surface area contributed by atoms with E-state index in [1.165, 1.54) is 40.8 Å². The first-order chi connectivity index (χ1) is 9.65. The Balaban J connectivity index is 1.92. The zero-order valence-corrected chi connectivity index (χ0v) is 12.6. The standard InChI is InChI=1S/C19H23N/c1-13-8-9-15(3)19(12-13)20-18-11-10-14(2)16-6-4-5-7-17(16)18/h4-9,12,14,18,20H,10-11H2,1-3H3. The van der Waals surface area contributed by atoms with Gasteiger partial charge in [0, 0.05) is 5.69 Å². The van der Waals surface area contributed by atoms with Gasteiger partial charge in [0.25, 0.3) is 0 Å². The Morgan fingerprint density at radius 2 is 1.70 bits per heavy atom. The molecule has 0 spiro atoms. The smallest absolute Gasteiger partial charge is 0.0516 e. The second-order valence-corrected chi connectivity index (χ2v) is 6.12. The average molecular weight is 265 g/mol. The maximum Gasteiger partial charge on any atom is 0.0516 e. The molecule has 1 aliphatic rings. The summed E-state index contributed by atoms with van der Waals surface area (Å²) in [6, 6.07) is 16.0. The molecule has 1 N–H and O–H groups in total. The van der Waals surface area contributed by atoms with Gasteiger partial charge in [0.2, 0.25) is 0 Å². The summed E-state index contributed by atoms with van der Waals surface area (Å²) in [6.07, 6.45) is 2.48. The van der Waals surface area contributed by atoms with Gasteiger partial charge in [-0.1, -0.05) is 43.3 Å². The van der Waals surface area contributed by atoms with E-state index in [0.717, 1.165) is 0 Å². The highest BCUT2D eigenvalue weighted by atomic mass is 14.9. The molecular weight excluding hydrogens is 242 g/mol. The maximum atomic E-state index is 3.77. The van der Waals surface area contributed by atoms with Crippen LogP contribution in [0.1, 0.15) is 54.0 Å². The molecule has 2 aromatic carbocycles. The van der Waals surface area contributed by atoms with E-state index in [1.807, 2.05) is 0 Å². The molecule has 0 aromatic heterocycles. The molecule has 1 nitrogen and oxygen atoms in total. The highest BCUT2D eigenvalue weighted by Gasteiger charge is 2.24. The Labute approximate surface area is 122 Å². The Kier molecular flexibility index (Phi) is 3.52. The largest absolute Gasteiger partial charge is 0.378 e. The molecule has 0 fully saturated rings. The van der Waals surface area contributed by atoms with Gasteiger partial charge in [0.1, 0.15) is 0 Å². The number of rotatable bonds is 2. The molecule has 104 valence electrons. The van der Waals surface area contributed by atoms with Gasteiger partial charge in [-0.05, 0) is 60.9 Å². The van der Waals surface area contributed by atoms with Gasteiger partial charge in [0.15, 0.2) is 0 Å². The minimum atomic E-state index is 0.447. The van der Waals surface area contributed by atoms with Crippen LogP contribution in [0.15, 0.2) is 42.5 Å². The summed E-state index contributed by atoms with van der Waals surface area (Å²) < 4.78 is 0. The minimum absolute atomic E-state index is 0.447. The van der Waals surface area contributed by atoms with Crippen LogP contribution in [0.5, 0.6) is 0 Å². The third-order valence-corrected chi connectivity index (χ3v) is 4.51. The van der Waals surface area contributed by atoms with Gasteiger partial charge >= 0.3 is 0 Å². The van der Waals surface area contributed by atoms with Crippen LogP contribution in [0.4, 0.5) is 5.69 Å². The third kappa shape index (κ3) is 2.45. The van der Waals surface area contributed by atoms with E-state index < -0.39 is 0 Å². The van der Waals surface area contributed by atoms with Crippen molar-refractivity contribution in [3.8, 4) is 0 Å². The van der Waals surface area contributed by atoms with Gasteiger partial charge in [-0.3, -0.25) is 0 Å². The molecule has 0 bridgehead atoms. The topological polar surface area (TPSA) is 12.0 Å². The molecule has 1 heteroatoms. The number of anilines is 1. The fourth-order valence-electron chi connectivity index (χ4n) is 3.23. The van der Waals surface area contributed by atoms with Crippen LogP contribution in [0.2, 0.25) is 0 Å². The number of benzene rings is 2. The summed E-state index contributed by atoms with van der Waals surface area (Å²) in [4.78, 5) is 0. The van der Waals surface area contributed by atoms with Crippen molar-refractivity contribution in [3.05, 3.63) is 64.7 Å². The Hall–Kier alpha value is -1.76. The van der Waals surface area contributed by atoms with Crippen molar-refractivity contribution in [1.82, 2.24) is 0 Å².